The van der Waals surface area contributed by atoms with E-state index in [1.165, 1.54) is 0 Å². The zero-order chi connectivity index (χ0) is 23.1. The van der Waals surface area contributed by atoms with Gasteiger partial charge in [0.1, 0.15) is 17.2 Å². The van der Waals surface area contributed by atoms with Crippen LogP contribution < -0.4 is 10.1 Å². The van der Waals surface area contributed by atoms with E-state index in [-0.39, 0.29) is 17.7 Å². The second-order valence-corrected chi connectivity index (χ2v) is 8.19. The highest BCUT2D eigenvalue weighted by Crippen LogP contribution is 2.16. The van der Waals surface area contributed by atoms with Crippen molar-refractivity contribution in [1.29, 1.82) is 0 Å². The summed E-state index contributed by atoms with van der Waals surface area (Å²) in [5.41, 5.74) is 1.86. The predicted molar refractivity (Wildman–Crippen MR) is 121 cm³/mol. The van der Waals surface area contributed by atoms with Crippen LogP contribution in [0.4, 0.5) is 5.95 Å². The second kappa shape index (κ2) is 10.1. The van der Waals surface area contributed by atoms with Gasteiger partial charge in [-0.05, 0) is 63.1 Å². The van der Waals surface area contributed by atoms with Crippen LogP contribution in [0.3, 0.4) is 0 Å². The molecule has 8 nitrogen and oxygen atoms in total. The Balaban J connectivity index is 1.72. The Bertz CT molecular complexity index is 1050. The van der Waals surface area contributed by atoms with Crippen LogP contribution in [0.1, 0.15) is 55.0 Å². The number of aromatic hydroxyl groups is 1. The largest absolute Gasteiger partial charge is 0.508 e. The molecule has 2 N–H and O–H groups in total. The quantitative estimate of drug-likeness (QED) is 0.508. The number of phenols is 1. The van der Waals surface area contributed by atoms with E-state index in [0.29, 0.717) is 36.9 Å². The summed E-state index contributed by atoms with van der Waals surface area (Å²) in [6.07, 6.45) is 0.449. The zero-order valence-electron chi connectivity index (χ0n) is 18.8. The van der Waals surface area contributed by atoms with E-state index in [4.69, 9.17) is 9.47 Å². The van der Waals surface area contributed by atoms with Gasteiger partial charge in [-0.15, -0.1) is 0 Å². The summed E-state index contributed by atoms with van der Waals surface area (Å²) >= 11 is 0. The molecular weight excluding hydrogens is 408 g/mol. The van der Waals surface area contributed by atoms with Gasteiger partial charge in [0.2, 0.25) is 5.95 Å². The van der Waals surface area contributed by atoms with Crippen LogP contribution in [0.15, 0.2) is 48.5 Å². The van der Waals surface area contributed by atoms with E-state index in [1.807, 2.05) is 52.0 Å². The van der Waals surface area contributed by atoms with Crippen LogP contribution in [-0.2, 0) is 17.7 Å². The lowest BCUT2D eigenvalue weighted by Crippen LogP contribution is -2.23. The number of anilines is 1. The number of rotatable bonds is 8. The lowest BCUT2D eigenvalue weighted by atomic mass is 10.1. The van der Waals surface area contributed by atoms with Gasteiger partial charge in [0.25, 0.3) is 0 Å². The van der Waals surface area contributed by atoms with Crippen molar-refractivity contribution in [3.05, 3.63) is 71.0 Å². The molecule has 0 radical (unpaired) electrons. The standard InChI is InChI=1S/C24H28N4O4/c1-5-31-23-27-20(26-22(28-23)25-15-17-8-12-19(29)13-9-17)14-16-6-10-18(11-7-16)21(30)32-24(2,3)4/h6-13,29H,5,14-15H2,1-4H3,(H,25,26,27,28). The minimum Gasteiger partial charge on any atom is -0.508 e. The third-order valence-corrected chi connectivity index (χ3v) is 4.27. The molecule has 0 amide bonds. The van der Waals surface area contributed by atoms with Crippen LogP contribution in [-0.4, -0.2) is 38.2 Å². The maximum Gasteiger partial charge on any atom is 0.338 e. The fourth-order valence-electron chi connectivity index (χ4n) is 2.82. The van der Waals surface area contributed by atoms with E-state index in [0.717, 1.165) is 11.1 Å². The highest BCUT2D eigenvalue weighted by molar-refractivity contribution is 5.89. The first kappa shape index (κ1) is 23.0. The number of ether oxygens (including phenoxy) is 2. The molecule has 168 valence electrons. The summed E-state index contributed by atoms with van der Waals surface area (Å²) in [6.45, 7) is 8.30. The van der Waals surface area contributed by atoms with Crippen molar-refractivity contribution in [2.75, 3.05) is 11.9 Å². The fourth-order valence-corrected chi connectivity index (χ4v) is 2.82. The number of aromatic nitrogens is 3. The fraction of sp³-hybridized carbons (Fsp3) is 0.333. The highest BCUT2D eigenvalue weighted by atomic mass is 16.6. The lowest BCUT2D eigenvalue weighted by molar-refractivity contribution is 0.00695. The Morgan fingerprint density at radius 2 is 1.62 bits per heavy atom. The zero-order valence-corrected chi connectivity index (χ0v) is 18.8. The van der Waals surface area contributed by atoms with E-state index in [2.05, 4.69) is 20.3 Å². The Labute approximate surface area is 187 Å². The number of esters is 1. The minimum absolute atomic E-state index is 0.215. The smallest absolute Gasteiger partial charge is 0.338 e. The monoisotopic (exact) mass is 436 g/mol. The molecule has 0 saturated heterocycles. The van der Waals surface area contributed by atoms with Gasteiger partial charge in [-0.2, -0.15) is 15.0 Å². The number of nitrogens with one attached hydrogen (secondary N) is 1. The third kappa shape index (κ3) is 6.94. The Morgan fingerprint density at radius 3 is 2.25 bits per heavy atom. The maximum absolute atomic E-state index is 12.2. The summed E-state index contributed by atoms with van der Waals surface area (Å²) < 4.78 is 10.9. The number of carbonyl (C=O) groups excluding carboxylic acids is 1. The first-order chi connectivity index (χ1) is 15.2. The Morgan fingerprint density at radius 1 is 0.969 bits per heavy atom. The van der Waals surface area contributed by atoms with E-state index in [1.54, 1.807) is 24.3 Å². The molecule has 1 aromatic heterocycles. The minimum atomic E-state index is -0.542. The van der Waals surface area contributed by atoms with Gasteiger partial charge in [-0.25, -0.2) is 4.79 Å². The van der Waals surface area contributed by atoms with E-state index < -0.39 is 5.60 Å². The normalized spacial score (nSPS) is 11.1. The van der Waals surface area contributed by atoms with Crippen LogP contribution in [0, 0.1) is 0 Å². The van der Waals surface area contributed by atoms with Crippen molar-refractivity contribution in [3.8, 4) is 11.8 Å². The van der Waals surface area contributed by atoms with Crippen molar-refractivity contribution in [3.63, 3.8) is 0 Å². The molecule has 1 heterocycles. The molecule has 0 bridgehead atoms. The molecule has 2 aromatic carbocycles. The molecule has 0 fully saturated rings. The third-order valence-electron chi connectivity index (χ3n) is 4.27. The first-order valence-corrected chi connectivity index (χ1v) is 10.4. The predicted octanol–water partition coefficient (Wildman–Crippen LogP) is 4.13. The maximum atomic E-state index is 12.2. The average molecular weight is 437 g/mol. The Kier molecular flexibility index (Phi) is 7.25. The van der Waals surface area contributed by atoms with Gasteiger partial charge in [0.15, 0.2) is 0 Å². The highest BCUT2D eigenvalue weighted by Gasteiger charge is 2.18. The molecule has 3 rings (SSSR count). The second-order valence-electron chi connectivity index (χ2n) is 8.19. The average Bonchev–Trinajstić information content (AvgIpc) is 2.73. The summed E-state index contributed by atoms with van der Waals surface area (Å²) in [4.78, 5) is 25.4. The molecular formula is C24H28N4O4. The van der Waals surface area contributed by atoms with Crippen molar-refractivity contribution < 1.29 is 19.4 Å². The van der Waals surface area contributed by atoms with Crippen LogP contribution in [0.25, 0.3) is 0 Å². The first-order valence-electron chi connectivity index (χ1n) is 10.4. The molecule has 8 heteroatoms. The molecule has 3 aromatic rings. The number of benzene rings is 2. The molecule has 0 spiro atoms. The molecule has 0 aliphatic carbocycles. The van der Waals surface area contributed by atoms with Gasteiger partial charge >= 0.3 is 12.0 Å². The van der Waals surface area contributed by atoms with E-state index in [9.17, 15) is 9.90 Å². The summed E-state index contributed by atoms with van der Waals surface area (Å²) in [5, 5.41) is 12.6. The van der Waals surface area contributed by atoms with E-state index >= 15 is 0 Å². The van der Waals surface area contributed by atoms with Crippen molar-refractivity contribution >= 4 is 11.9 Å². The number of nitrogens with zero attached hydrogens (tertiary/aromatic N) is 3. The van der Waals surface area contributed by atoms with Crippen LogP contribution >= 0.6 is 0 Å². The van der Waals surface area contributed by atoms with Crippen LogP contribution in [0.5, 0.6) is 11.8 Å². The number of phenolic OH excluding ortho intramolecular Hbond substituents is 1. The summed E-state index contributed by atoms with van der Waals surface area (Å²) in [6, 6.07) is 14.3. The van der Waals surface area contributed by atoms with Crippen molar-refractivity contribution in [2.45, 2.75) is 46.3 Å². The van der Waals surface area contributed by atoms with Crippen molar-refractivity contribution in [2.24, 2.45) is 0 Å². The van der Waals surface area contributed by atoms with Gasteiger partial charge in [0, 0.05) is 13.0 Å². The number of carbonyl (C=O) groups is 1. The molecule has 32 heavy (non-hydrogen) atoms. The van der Waals surface area contributed by atoms with Crippen molar-refractivity contribution in [1.82, 2.24) is 15.0 Å². The molecule has 0 atom stereocenters. The summed E-state index contributed by atoms with van der Waals surface area (Å²) in [5.74, 6) is 0.801. The number of hydrogen-bond donors (Lipinski definition) is 2. The van der Waals surface area contributed by atoms with Gasteiger partial charge < -0.3 is 19.9 Å². The molecule has 0 saturated carbocycles. The van der Waals surface area contributed by atoms with Gasteiger partial charge in [-0.3, -0.25) is 0 Å². The van der Waals surface area contributed by atoms with Crippen LogP contribution in [0.2, 0.25) is 0 Å². The van der Waals surface area contributed by atoms with Gasteiger partial charge in [-0.1, -0.05) is 24.3 Å². The number of hydrogen-bond acceptors (Lipinski definition) is 8. The lowest BCUT2D eigenvalue weighted by Gasteiger charge is -2.19. The molecule has 0 aliphatic rings. The molecule has 0 aliphatic heterocycles. The topological polar surface area (TPSA) is 106 Å². The summed E-state index contributed by atoms with van der Waals surface area (Å²) in [7, 11) is 0. The molecule has 0 unspecified atom stereocenters. The SMILES string of the molecule is CCOc1nc(Cc2ccc(C(=O)OC(C)(C)C)cc2)nc(NCc2ccc(O)cc2)n1. The van der Waals surface area contributed by atoms with Gasteiger partial charge in [0.05, 0.1) is 12.2 Å². The Hall–Kier alpha value is -3.68.